The van der Waals surface area contributed by atoms with Gasteiger partial charge in [0, 0.05) is 5.56 Å². The molecule has 1 heterocycles. The van der Waals surface area contributed by atoms with Crippen LogP contribution in [0.2, 0.25) is 5.02 Å². The molecule has 0 radical (unpaired) electrons. The summed E-state index contributed by atoms with van der Waals surface area (Å²) in [5, 5.41) is 18.2. The van der Waals surface area contributed by atoms with Crippen molar-refractivity contribution in [2.75, 3.05) is 0 Å². The van der Waals surface area contributed by atoms with E-state index in [1.807, 2.05) is 0 Å². The molecule has 2 aromatic rings. The fraction of sp³-hybridized carbons (Fsp3) is 0. The van der Waals surface area contributed by atoms with Gasteiger partial charge in [0.05, 0.1) is 11.2 Å². The number of rotatable bonds is 2. The van der Waals surface area contributed by atoms with Gasteiger partial charge in [-0.15, -0.1) is 0 Å². The van der Waals surface area contributed by atoms with Crippen LogP contribution in [0, 0.1) is 0 Å². The Labute approximate surface area is 101 Å². The summed E-state index contributed by atoms with van der Waals surface area (Å²) in [5.74, 6) is -0.973. The first-order valence-electron chi connectivity index (χ1n) is 4.63. The highest BCUT2D eigenvalue weighted by Gasteiger charge is 2.13. The normalized spacial score (nSPS) is 10.2. The zero-order chi connectivity index (χ0) is 12.4. The molecule has 0 bridgehead atoms. The van der Waals surface area contributed by atoms with Crippen LogP contribution in [0.1, 0.15) is 10.5 Å². The molecule has 2 rings (SSSR count). The molecule has 1 aromatic carbocycles. The molecule has 17 heavy (non-hydrogen) atoms. The van der Waals surface area contributed by atoms with Gasteiger partial charge < -0.3 is 10.2 Å². The molecule has 0 fully saturated rings. The number of phenols is 1. The molecule has 86 valence electrons. The van der Waals surface area contributed by atoms with Gasteiger partial charge in [-0.05, 0) is 12.1 Å². The van der Waals surface area contributed by atoms with E-state index in [0.29, 0.717) is 5.56 Å². The minimum Gasteiger partial charge on any atom is -0.508 e. The summed E-state index contributed by atoms with van der Waals surface area (Å²) in [7, 11) is 0. The number of carboxylic acid groups (broad SMARTS) is 1. The maximum atomic E-state index is 10.8. The second-order valence-corrected chi connectivity index (χ2v) is 3.65. The van der Waals surface area contributed by atoms with Gasteiger partial charge in [-0.2, -0.15) is 0 Å². The minimum absolute atomic E-state index is 0.0265. The number of carboxylic acids is 1. The number of hydrogen-bond donors (Lipinski definition) is 2. The highest BCUT2D eigenvalue weighted by Crippen LogP contribution is 2.22. The van der Waals surface area contributed by atoms with Crippen molar-refractivity contribution >= 4 is 17.6 Å². The van der Waals surface area contributed by atoms with Gasteiger partial charge in [0.2, 0.25) is 0 Å². The monoisotopic (exact) mass is 250 g/mol. The Morgan fingerprint density at radius 3 is 2.76 bits per heavy atom. The third-order valence-corrected chi connectivity index (χ3v) is 2.33. The van der Waals surface area contributed by atoms with E-state index in [1.165, 1.54) is 18.3 Å². The molecule has 0 saturated carbocycles. The van der Waals surface area contributed by atoms with E-state index < -0.39 is 5.97 Å². The molecular weight excluding hydrogens is 244 g/mol. The minimum atomic E-state index is -1.22. The topological polar surface area (TPSA) is 83.3 Å². The summed E-state index contributed by atoms with van der Waals surface area (Å²) in [4.78, 5) is 18.6. The number of aromatic carboxylic acids is 1. The standard InChI is InChI=1S/C11H7ClN2O3/c12-8-5-13-10(14-9(8)11(16)17)6-2-1-3-7(15)4-6/h1-5,15H,(H,16,17). The molecule has 0 aliphatic rings. The Hall–Kier alpha value is -2.14. The first kappa shape index (κ1) is 11.3. The summed E-state index contributed by atoms with van der Waals surface area (Å²) in [6.07, 6.45) is 1.22. The Bertz CT molecular complexity index is 587. The lowest BCUT2D eigenvalue weighted by atomic mass is 10.2. The Morgan fingerprint density at radius 2 is 2.12 bits per heavy atom. The summed E-state index contributed by atoms with van der Waals surface area (Å²) >= 11 is 5.65. The van der Waals surface area contributed by atoms with Gasteiger partial charge in [-0.25, -0.2) is 14.8 Å². The number of halogens is 1. The summed E-state index contributed by atoms with van der Waals surface area (Å²) < 4.78 is 0. The molecule has 0 unspecified atom stereocenters. The molecule has 1 aromatic heterocycles. The van der Waals surface area contributed by atoms with Gasteiger partial charge in [-0.1, -0.05) is 23.7 Å². The molecular formula is C11H7ClN2O3. The number of carbonyl (C=O) groups is 1. The van der Waals surface area contributed by atoms with Gasteiger partial charge in [0.15, 0.2) is 11.5 Å². The molecule has 0 saturated heterocycles. The average molecular weight is 251 g/mol. The SMILES string of the molecule is O=C(O)c1nc(-c2cccc(O)c2)ncc1Cl. The Morgan fingerprint density at radius 1 is 1.35 bits per heavy atom. The van der Waals surface area contributed by atoms with Gasteiger partial charge in [0.25, 0.3) is 0 Å². The van der Waals surface area contributed by atoms with E-state index in [2.05, 4.69) is 9.97 Å². The lowest BCUT2D eigenvalue weighted by molar-refractivity contribution is 0.0690. The van der Waals surface area contributed by atoms with Crippen LogP contribution >= 0.6 is 11.6 Å². The van der Waals surface area contributed by atoms with Crippen LogP contribution in [-0.4, -0.2) is 26.2 Å². The average Bonchev–Trinajstić information content (AvgIpc) is 2.29. The van der Waals surface area contributed by atoms with Crippen LogP contribution in [0.3, 0.4) is 0 Å². The predicted molar refractivity (Wildman–Crippen MR) is 61.1 cm³/mol. The van der Waals surface area contributed by atoms with Gasteiger partial charge in [0.1, 0.15) is 5.75 Å². The number of aromatic nitrogens is 2. The van der Waals surface area contributed by atoms with Crippen molar-refractivity contribution in [3.63, 3.8) is 0 Å². The number of benzene rings is 1. The Kier molecular flexibility index (Phi) is 2.93. The maximum absolute atomic E-state index is 10.8. The van der Waals surface area contributed by atoms with Crippen LogP contribution in [0.15, 0.2) is 30.5 Å². The summed E-state index contributed by atoms with van der Waals surface area (Å²) in [6, 6.07) is 6.21. The number of nitrogens with zero attached hydrogens (tertiary/aromatic N) is 2. The van der Waals surface area contributed by atoms with Crippen molar-refractivity contribution in [3.8, 4) is 17.1 Å². The highest BCUT2D eigenvalue weighted by atomic mass is 35.5. The van der Waals surface area contributed by atoms with Crippen molar-refractivity contribution in [1.82, 2.24) is 9.97 Å². The van der Waals surface area contributed by atoms with E-state index in [4.69, 9.17) is 16.7 Å². The van der Waals surface area contributed by atoms with E-state index >= 15 is 0 Å². The van der Waals surface area contributed by atoms with Crippen molar-refractivity contribution in [3.05, 3.63) is 41.2 Å². The third-order valence-electron chi connectivity index (χ3n) is 2.05. The molecule has 0 amide bonds. The third kappa shape index (κ3) is 2.34. The van der Waals surface area contributed by atoms with Gasteiger partial charge in [-0.3, -0.25) is 0 Å². The Balaban J connectivity index is 2.54. The van der Waals surface area contributed by atoms with Crippen molar-refractivity contribution < 1.29 is 15.0 Å². The molecule has 5 nitrogen and oxygen atoms in total. The first-order valence-corrected chi connectivity index (χ1v) is 5.01. The quantitative estimate of drug-likeness (QED) is 0.854. The van der Waals surface area contributed by atoms with E-state index in [-0.39, 0.29) is 22.3 Å². The van der Waals surface area contributed by atoms with Crippen LogP contribution < -0.4 is 0 Å². The van der Waals surface area contributed by atoms with E-state index in [0.717, 1.165) is 0 Å². The molecule has 0 aliphatic heterocycles. The summed E-state index contributed by atoms with van der Waals surface area (Å²) in [5.41, 5.74) is 0.254. The second kappa shape index (κ2) is 4.39. The van der Waals surface area contributed by atoms with Crippen LogP contribution in [-0.2, 0) is 0 Å². The molecule has 0 spiro atoms. The number of hydrogen-bond acceptors (Lipinski definition) is 4. The largest absolute Gasteiger partial charge is 0.508 e. The van der Waals surface area contributed by atoms with Gasteiger partial charge >= 0.3 is 5.97 Å². The van der Waals surface area contributed by atoms with E-state index in [1.54, 1.807) is 12.1 Å². The molecule has 2 N–H and O–H groups in total. The number of aromatic hydroxyl groups is 1. The van der Waals surface area contributed by atoms with Crippen molar-refractivity contribution in [2.45, 2.75) is 0 Å². The highest BCUT2D eigenvalue weighted by molar-refractivity contribution is 6.33. The molecule has 0 atom stereocenters. The number of phenolic OH excluding ortho intramolecular Hbond substituents is 1. The summed E-state index contributed by atoms with van der Waals surface area (Å²) in [6.45, 7) is 0. The predicted octanol–water partition coefficient (Wildman–Crippen LogP) is 2.20. The first-order chi connectivity index (χ1) is 8.08. The molecule has 6 heteroatoms. The zero-order valence-corrected chi connectivity index (χ0v) is 9.22. The van der Waals surface area contributed by atoms with Crippen molar-refractivity contribution in [1.29, 1.82) is 0 Å². The van der Waals surface area contributed by atoms with Crippen LogP contribution in [0.25, 0.3) is 11.4 Å². The fourth-order valence-electron chi connectivity index (χ4n) is 1.30. The zero-order valence-electron chi connectivity index (χ0n) is 8.46. The van der Waals surface area contributed by atoms with Crippen LogP contribution in [0.4, 0.5) is 0 Å². The van der Waals surface area contributed by atoms with E-state index in [9.17, 15) is 9.90 Å². The van der Waals surface area contributed by atoms with Crippen LogP contribution in [0.5, 0.6) is 5.75 Å². The molecule has 0 aliphatic carbocycles. The maximum Gasteiger partial charge on any atom is 0.356 e. The second-order valence-electron chi connectivity index (χ2n) is 3.25. The van der Waals surface area contributed by atoms with Crippen molar-refractivity contribution in [2.24, 2.45) is 0 Å². The lowest BCUT2D eigenvalue weighted by Gasteiger charge is -2.03. The fourth-order valence-corrected chi connectivity index (χ4v) is 1.47. The smallest absolute Gasteiger partial charge is 0.356 e. The lowest BCUT2D eigenvalue weighted by Crippen LogP contribution is -2.03.